The number of aryl methyl sites for hydroxylation is 1. The summed E-state index contributed by atoms with van der Waals surface area (Å²) < 4.78 is 115. The monoisotopic (exact) mass is 256 g/mol. The van der Waals surface area contributed by atoms with Crippen molar-refractivity contribution < 1.29 is 19.2 Å². The summed E-state index contributed by atoms with van der Waals surface area (Å²) >= 11 is 0. The Balaban J connectivity index is 2.57. The van der Waals surface area contributed by atoms with Gasteiger partial charge in [-0.15, -0.1) is 0 Å². The summed E-state index contributed by atoms with van der Waals surface area (Å²) in [6.07, 6.45) is 0. The Bertz CT molecular complexity index is 1550. The van der Waals surface area contributed by atoms with Crippen molar-refractivity contribution in [1.82, 2.24) is 0 Å². The summed E-state index contributed by atoms with van der Waals surface area (Å²) in [5.74, 6) is 0. The number of rotatable bonds is 0. The molecule has 0 nitrogen and oxygen atoms in total. The smallest absolute Gasteiger partial charge is 0.0616 e. The van der Waals surface area contributed by atoms with E-state index in [4.69, 9.17) is 19.2 Å². The van der Waals surface area contributed by atoms with Gasteiger partial charge in [-0.1, -0.05) is 54.4 Å². The van der Waals surface area contributed by atoms with Crippen LogP contribution in [0.4, 0.5) is 0 Å². The lowest BCUT2D eigenvalue weighted by Gasteiger charge is -2.09. The molecule has 0 aliphatic heterocycles. The number of hydrogen-bond acceptors (Lipinski definition) is 0. The fourth-order valence-corrected chi connectivity index (χ4v) is 2.03. The molecule has 4 aromatic rings. The second-order valence-electron chi connectivity index (χ2n) is 4.00. The number of benzene rings is 4. The molecule has 90 valence electrons. The van der Waals surface area contributed by atoms with E-state index in [0.717, 1.165) is 0 Å². The first-order valence-electron chi connectivity index (χ1n) is 12.5. The summed E-state index contributed by atoms with van der Waals surface area (Å²) in [6, 6.07) is -7.33. The van der Waals surface area contributed by atoms with Gasteiger partial charge in [-0.05, 0) is 56.8 Å². The van der Waals surface area contributed by atoms with Crippen LogP contribution >= 0.6 is 0 Å². The standard InChI is InChI=1S/C19H14/c1-13-10-16-11-14-6-2-3-7-15(14)12-19(16)18-9-5-4-8-17(13)18/h2-12H,1H3/i1D3,2D,3D,4D,5D,6D,7D,8D,9D,10D,11D,12D. The fourth-order valence-electron chi connectivity index (χ4n) is 2.03. The van der Waals surface area contributed by atoms with Crippen LogP contribution in [0.2, 0.25) is 0 Å². The summed E-state index contributed by atoms with van der Waals surface area (Å²) in [7, 11) is 0. The van der Waals surface area contributed by atoms with Crippen LogP contribution in [-0.2, 0) is 0 Å². The van der Waals surface area contributed by atoms with Gasteiger partial charge in [0, 0.05) is 4.11 Å². The average molecular weight is 256 g/mol. The van der Waals surface area contributed by atoms with Gasteiger partial charge in [0.2, 0.25) is 0 Å². The largest absolute Gasteiger partial charge is 0.0636 e. The molecule has 0 unspecified atom stereocenters. The van der Waals surface area contributed by atoms with Crippen molar-refractivity contribution in [2.24, 2.45) is 0 Å². The molecular formula is C19H14. The van der Waals surface area contributed by atoms with Crippen molar-refractivity contribution in [2.45, 2.75) is 6.85 Å². The first-order valence-corrected chi connectivity index (χ1v) is 5.50. The molecule has 4 rings (SSSR count). The third-order valence-corrected chi connectivity index (χ3v) is 2.88. The van der Waals surface area contributed by atoms with Gasteiger partial charge in [0.1, 0.15) is 0 Å². The maximum atomic E-state index is 8.72. The van der Waals surface area contributed by atoms with Crippen molar-refractivity contribution in [2.75, 3.05) is 0 Å². The maximum Gasteiger partial charge on any atom is 0.0636 e. The normalized spacial score (nSPS) is 22.5. The van der Waals surface area contributed by atoms with Crippen molar-refractivity contribution in [3.63, 3.8) is 0 Å². The molecular weight excluding hydrogens is 228 g/mol. The minimum atomic E-state index is -3.01. The molecule has 0 N–H and O–H groups in total. The second kappa shape index (κ2) is 3.83. The third-order valence-electron chi connectivity index (χ3n) is 2.88. The first-order chi connectivity index (χ1) is 15.1. The van der Waals surface area contributed by atoms with E-state index in [1.807, 2.05) is 0 Å². The van der Waals surface area contributed by atoms with Crippen LogP contribution in [0.15, 0.2) is 66.5 Å². The van der Waals surface area contributed by atoms with Crippen LogP contribution in [0.25, 0.3) is 32.3 Å². The molecule has 0 saturated carbocycles. The van der Waals surface area contributed by atoms with Gasteiger partial charge in [0.15, 0.2) is 0 Å². The van der Waals surface area contributed by atoms with Gasteiger partial charge in [-0.2, -0.15) is 0 Å². The predicted octanol–water partition coefficient (Wildman–Crippen LogP) is 5.45. The topological polar surface area (TPSA) is 0 Å². The Morgan fingerprint density at radius 2 is 1.37 bits per heavy atom. The van der Waals surface area contributed by atoms with Gasteiger partial charge >= 0.3 is 0 Å². The molecule has 0 radical (unpaired) electrons. The molecule has 0 spiro atoms. The first kappa shape index (κ1) is 3.61. The molecule has 19 heavy (non-hydrogen) atoms. The summed E-state index contributed by atoms with van der Waals surface area (Å²) in [5, 5.41) is -2.35. The van der Waals surface area contributed by atoms with E-state index in [1.165, 1.54) is 0 Å². The molecule has 0 saturated heterocycles. The molecule has 0 aliphatic rings. The quantitative estimate of drug-likeness (QED) is 0.290. The van der Waals surface area contributed by atoms with E-state index in [9.17, 15) is 0 Å². The highest BCUT2D eigenvalue weighted by Gasteiger charge is 2.04. The van der Waals surface area contributed by atoms with E-state index in [-0.39, 0.29) is 21.5 Å². The highest BCUT2D eigenvalue weighted by Crippen LogP contribution is 2.31. The van der Waals surface area contributed by atoms with E-state index < -0.39 is 89.7 Å². The van der Waals surface area contributed by atoms with E-state index in [1.54, 1.807) is 0 Å². The molecule has 0 amide bonds. The molecule has 0 heterocycles. The minimum Gasteiger partial charge on any atom is -0.0616 e. The molecule has 0 atom stereocenters. The molecule has 0 aliphatic carbocycles. The summed E-state index contributed by atoms with van der Waals surface area (Å²) in [4.78, 5) is 0. The lowest BCUT2D eigenvalue weighted by Crippen LogP contribution is -1.83. The lowest BCUT2D eigenvalue weighted by molar-refractivity contribution is 1.56. The number of hydrogen-bond donors (Lipinski definition) is 0. The Labute approximate surface area is 132 Å². The van der Waals surface area contributed by atoms with Crippen LogP contribution in [0.3, 0.4) is 0 Å². The lowest BCUT2D eigenvalue weighted by atomic mass is 9.95. The maximum absolute atomic E-state index is 8.72. The van der Waals surface area contributed by atoms with E-state index >= 15 is 0 Å². The Kier molecular flexibility index (Phi) is 0.726. The third kappa shape index (κ3) is 1.53. The highest BCUT2D eigenvalue weighted by molar-refractivity contribution is 6.13. The van der Waals surface area contributed by atoms with Crippen LogP contribution in [0.5, 0.6) is 0 Å². The molecule has 0 fully saturated rings. The average Bonchev–Trinajstić information content (AvgIpc) is 2.73. The van der Waals surface area contributed by atoms with Gasteiger partial charge in [-0.3, -0.25) is 0 Å². The zero-order chi connectivity index (χ0) is 24.9. The number of fused-ring (bicyclic) bond motifs is 4. The Morgan fingerprint density at radius 3 is 2.16 bits per heavy atom. The van der Waals surface area contributed by atoms with Crippen molar-refractivity contribution >= 4 is 32.3 Å². The van der Waals surface area contributed by atoms with Crippen LogP contribution < -0.4 is 0 Å². The molecule has 4 aromatic carbocycles. The van der Waals surface area contributed by atoms with Gasteiger partial charge in [0.05, 0.1) is 15.1 Å². The van der Waals surface area contributed by atoms with E-state index in [0.29, 0.717) is 0 Å². The van der Waals surface area contributed by atoms with Gasteiger partial charge in [0.25, 0.3) is 0 Å². The highest BCUT2D eigenvalue weighted by atomic mass is 14.1. The SMILES string of the molecule is [2H]c1c([2H])c([2H])c2c([2H])c3c(c([2H])c(C([2H])([2H])[2H])c4c([2H])c([2H])c([2H])c([2H])c43)c([2H])c2c1[2H]. The Morgan fingerprint density at radius 1 is 0.684 bits per heavy atom. The zero-order valence-corrected chi connectivity index (χ0v) is 9.50. The van der Waals surface area contributed by atoms with Crippen molar-refractivity contribution in [3.05, 3.63) is 72.0 Å². The van der Waals surface area contributed by atoms with Crippen molar-refractivity contribution in [3.8, 4) is 0 Å². The zero-order valence-electron chi connectivity index (χ0n) is 23.5. The Hall–Kier alpha value is -2.34. The molecule has 0 bridgehead atoms. The second-order valence-corrected chi connectivity index (χ2v) is 4.00. The fraction of sp³-hybridized carbons (Fsp3) is 0.0526. The van der Waals surface area contributed by atoms with E-state index in [2.05, 4.69) is 0 Å². The molecule has 0 heteroatoms. The van der Waals surface area contributed by atoms with Crippen LogP contribution in [0, 0.1) is 6.85 Å². The summed E-state index contributed by atoms with van der Waals surface area (Å²) in [6.45, 7) is -3.01. The van der Waals surface area contributed by atoms with Crippen LogP contribution in [-0.4, -0.2) is 0 Å². The van der Waals surface area contributed by atoms with Gasteiger partial charge in [-0.25, -0.2) is 0 Å². The minimum absolute atomic E-state index is 0.336. The predicted molar refractivity (Wildman–Crippen MR) is 83.7 cm³/mol. The van der Waals surface area contributed by atoms with Crippen LogP contribution in [0.1, 0.15) is 24.8 Å². The van der Waals surface area contributed by atoms with Crippen molar-refractivity contribution in [1.29, 1.82) is 0 Å². The molecule has 0 aromatic heterocycles. The summed E-state index contributed by atoms with van der Waals surface area (Å²) in [5.41, 5.74) is -0.718. The van der Waals surface area contributed by atoms with Gasteiger partial charge < -0.3 is 0 Å².